The number of sulfonamides is 1. The lowest BCUT2D eigenvalue weighted by Gasteiger charge is -2.23. The van der Waals surface area contributed by atoms with E-state index >= 15 is 0 Å². The lowest BCUT2D eigenvalue weighted by Crippen LogP contribution is -2.47. The molecule has 0 aliphatic carbocycles. The van der Waals surface area contributed by atoms with E-state index in [1.807, 2.05) is 0 Å². The van der Waals surface area contributed by atoms with Gasteiger partial charge < -0.3 is 5.32 Å². The predicted molar refractivity (Wildman–Crippen MR) is 55.9 cm³/mol. The fourth-order valence-corrected chi connectivity index (χ4v) is 1.70. The summed E-state index contributed by atoms with van der Waals surface area (Å²) >= 11 is 11.1. The Morgan fingerprint density at radius 1 is 1.60 bits per heavy atom. The molecule has 0 saturated heterocycles. The van der Waals surface area contributed by atoms with Gasteiger partial charge in [-0.05, 0) is 5.21 Å². The fourth-order valence-electron chi connectivity index (χ4n) is 0.680. The second kappa shape index (κ2) is 4.44. The molecule has 15 heavy (non-hydrogen) atoms. The van der Waals surface area contributed by atoms with Crippen molar-refractivity contribution < 1.29 is 8.42 Å². The molecule has 0 saturated carbocycles. The standard InChI is InChI=1S/C5H7Cl2N5O2S/c6-3-5(7,15(8,13)14)10-4-1-2-9-12-11-4/h1-2H,3H2,(H2,8,13,14)(H,9,10,11). The number of anilines is 1. The molecule has 0 aromatic carbocycles. The number of nitrogens with zero attached hydrogens (tertiary/aromatic N) is 3. The van der Waals surface area contributed by atoms with Gasteiger partial charge in [-0.25, -0.2) is 13.6 Å². The Labute approximate surface area is 96.0 Å². The average Bonchev–Trinajstić information content (AvgIpc) is 2.17. The van der Waals surface area contributed by atoms with Crippen LogP contribution in [0.15, 0.2) is 12.3 Å². The van der Waals surface area contributed by atoms with Crippen molar-refractivity contribution in [2.45, 2.75) is 4.33 Å². The van der Waals surface area contributed by atoms with E-state index < -0.39 is 20.2 Å². The molecule has 84 valence electrons. The van der Waals surface area contributed by atoms with Crippen LogP contribution in [0.2, 0.25) is 0 Å². The van der Waals surface area contributed by atoms with Crippen LogP contribution in [0, 0.1) is 0 Å². The number of aromatic nitrogens is 3. The van der Waals surface area contributed by atoms with Crippen LogP contribution >= 0.6 is 23.2 Å². The lowest BCUT2D eigenvalue weighted by molar-refractivity contribution is 0.584. The van der Waals surface area contributed by atoms with Gasteiger partial charge in [0.2, 0.25) is 14.4 Å². The van der Waals surface area contributed by atoms with E-state index in [0.29, 0.717) is 0 Å². The summed E-state index contributed by atoms with van der Waals surface area (Å²) in [6.07, 6.45) is 1.31. The van der Waals surface area contributed by atoms with Crippen LogP contribution in [0.1, 0.15) is 0 Å². The first-order valence-electron chi connectivity index (χ1n) is 3.59. The van der Waals surface area contributed by atoms with Crippen LogP contribution in [0.25, 0.3) is 0 Å². The predicted octanol–water partition coefficient (Wildman–Crippen LogP) is -0.297. The molecule has 1 aromatic heterocycles. The Balaban J connectivity index is 2.97. The van der Waals surface area contributed by atoms with E-state index in [1.165, 1.54) is 12.3 Å². The first-order valence-corrected chi connectivity index (χ1v) is 6.05. The lowest BCUT2D eigenvalue weighted by atomic mass is 10.6. The second-order valence-electron chi connectivity index (χ2n) is 2.54. The van der Waals surface area contributed by atoms with Gasteiger partial charge in [0.15, 0.2) is 5.82 Å². The third-order valence-corrected chi connectivity index (χ3v) is 4.16. The molecular weight excluding hydrogens is 265 g/mol. The van der Waals surface area contributed by atoms with Crippen LogP contribution in [-0.2, 0) is 10.0 Å². The largest absolute Gasteiger partial charge is 0.335 e. The van der Waals surface area contributed by atoms with Gasteiger partial charge in [0.25, 0.3) is 0 Å². The highest BCUT2D eigenvalue weighted by atomic mass is 35.5. The van der Waals surface area contributed by atoms with Crippen molar-refractivity contribution in [1.82, 2.24) is 15.4 Å². The third-order valence-electron chi connectivity index (χ3n) is 1.44. The Bertz CT molecular complexity index is 426. The number of primary sulfonamides is 1. The van der Waals surface area contributed by atoms with Gasteiger partial charge in [0.1, 0.15) is 0 Å². The molecule has 1 aromatic rings. The summed E-state index contributed by atoms with van der Waals surface area (Å²) in [6, 6.07) is 1.38. The van der Waals surface area contributed by atoms with Crippen molar-refractivity contribution in [3.8, 4) is 0 Å². The quantitative estimate of drug-likeness (QED) is 0.575. The van der Waals surface area contributed by atoms with E-state index in [-0.39, 0.29) is 5.82 Å². The summed E-state index contributed by atoms with van der Waals surface area (Å²) in [6.45, 7) is 0. The molecule has 3 N–H and O–H groups in total. The van der Waals surface area contributed by atoms with Crippen molar-refractivity contribution in [2.75, 3.05) is 11.2 Å². The van der Waals surface area contributed by atoms with Crippen molar-refractivity contribution in [3.63, 3.8) is 0 Å². The van der Waals surface area contributed by atoms with E-state index in [4.69, 9.17) is 28.3 Å². The molecule has 0 spiro atoms. The average molecular weight is 272 g/mol. The minimum Gasteiger partial charge on any atom is -0.335 e. The summed E-state index contributed by atoms with van der Waals surface area (Å²) in [5, 5.41) is 17.4. The normalized spacial score (nSPS) is 15.7. The highest BCUT2D eigenvalue weighted by Crippen LogP contribution is 2.23. The first-order chi connectivity index (χ1) is 6.89. The summed E-state index contributed by atoms with van der Waals surface area (Å²) in [5.41, 5.74) is 0. The highest BCUT2D eigenvalue weighted by molar-refractivity contribution is 7.92. The number of alkyl halides is 2. The van der Waals surface area contributed by atoms with E-state index in [9.17, 15) is 8.42 Å². The SMILES string of the molecule is NS(=O)(=O)C(Cl)(CCl)Nc1ccnnn1. The Morgan fingerprint density at radius 3 is 2.67 bits per heavy atom. The zero-order chi connectivity index (χ0) is 11.5. The molecule has 0 amide bonds. The first kappa shape index (κ1) is 12.4. The summed E-state index contributed by atoms with van der Waals surface area (Å²) < 4.78 is 20.2. The number of nitrogens with one attached hydrogen (secondary N) is 1. The van der Waals surface area contributed by atoms with Gasteiger partial charge in [-0.3, -0.25) is 0 Å². The van der Waals surface area contributed by atoms with E-state index in [1.54, 1.807) is 0 Å². The maximum absolute atomic E-state index is 11.1. The molecule has 0 bridgehead atoms. The monoisotopic (exact) mass is 271 g/mol. The minimum absolute atomic E-state index is 0.106. The molecule has 7 nitrogen and oxygen atoms in total. The molecule has 1 unspecified atom stereocenters. The summed E-state index contributed by atoms with van der Waals surface area (Å²) in [4.78, 5) is 0. The number of rotatable bonds is 4. The van der Waals surface area contributed by atoms with Gasteiger partial charge in [-0.2, -0.15) is 0 Å². The Hall–Kier alpha value is -0.700. The Morgan fingerprint density at radius 2 is 2.27 bits per heavy atom. The zero-order valence-corrected chi connectivity index (χ0v) is 9.59. The fraction of sp³-hybridized carbons (Fsp3) is 0.400. The molecule has 0 aliphatic rings. The van der Waals surface area contributed by atoms with E-state index in [0.717, 1.165) is 0 Å². The van der Waals surface area contributed by atoms with Crippen LogP contribution in [0.3, 0.4) is 0 Å². The van der Waals surface area contributed by atoms with Gasteiger partial charge >= 0.3 is 0 Å². The van der Waals surface area contributed by atoms with Crippen molar-refractivity contribution >= 4 is 39.0 Å². The molecule has 0 radical (unpaired) electrons. The van der Waals surface area contributed by atoms with Crippen LogP contribution in [0.5, 0.6) is 0 Å². The van der Waals surface area contributed by atoms with Gasteiger partial charge in [0, 0.05) is 6.07 Å². The maximum atomic E-state index is 11.1. The summed E-state index contributed by atoms with van der Waals surface area (Å²) in [5.74, 6) is -0.341. The number of hydrogen-bond acceptors (Lipinski definition) is 6. The maximum Gasteiger partial charge on any atom is 0.249 e. The van der Waals surface area contributed by atoms with Crippen LogP contribution in [-0.4, -0.2) is 34.0 Å². The highest BCUT2D eigenvalue weighted by Gasteiger charge is 2.39. The smallest absolute Gasteiger partial charge is 0.249 e. The van der Waals surface area contributed by atoms with E-state index in [2.05, 4.69) is 20.7 Å². The van der Waals surface area contributed by atoms with Crippen LogP contribution in [0.4, 0.5) is 5.82 Å². The molecule has 10 heteroatoms. The van der Waals surface area contributed by atoms with Crippen molar-refractivity contribution in [2.24, 2.45) is 5.14 Å². The van der Waals surface area contributed by atoms with Gasteiger partial charge in [-0.1, -0.05) is 11.6 Å². The third kappa shape index (κ3) is 2.88. The Kier molecular flexibility index (Phi) is 3.66. The summed E-state index contributed by atoms with van der Waals surface area (Å²) in [7, 11) is -4.08. The molecule has 1 heterocycles. The number of hydrogen-bond donors (Lipinski definition) is 2. The zero-order valence-electron chi connectivity index (χ0n) is 7.26. The number of halogens is 2. The molecule has 1 atom stereocenters. The minimum atomic E-state index is -4.08. The van der Waals surface area contributed by atoms with Crippen molar-refractivity contribution in [3.05, 3.63) is 12.3 Å². The van der Waals surface area contributed by atoms with Gasteiger partial charge in [-0.15, -0.1) is 21.8 Å². The molecule has 0 aliphatic heterocycles. The molecular formula is C5H7Cl2N5O2S. The van der Waals surface area contributed by atoms with Crippen LogP contribution < -0.4 is 10.5 Å². The number of nitrogens with two attached hydrogens (primary N) is 1. The second-order valence-corrected chi connectivity index (χ2v) is 5.46. The topological polar surface area (TPSA) is 111 Å². The molecule has 0 fully saturated rings. The molecule has 1 rings (SSSR count). The van der Waals surface area contributed by atoms with Gasteiger partial charge in [0.05, 0.1) is 12.1 Å². The van der Waals surface area contributed by atoms with Crippen molar-refractivity contribution in [1.29, 1.82) is 0 Å².